The molecule has 3 aromatic carbocycles. The number of aryl methyl sites for hydroxylation is 2. The molecule has 7 nitrogen and oxygen atoms in total. The van der Waals surface area contributed by atoms with Crippen molar-refractivity contribution in [1.29, 1.82) is 0 Å². The number of carbonyl (C=O) groups excluding carboxylic acids is 2. The van der Waals surface area contributed by atoms with E-state index < -0.39 is 28.5 Å². The molecule has 0 saturated heterocycles. The summed E-state index contributed by atoms with van der Waals surface area (Å²) in [5.41, 5.74) is 2.18. The summed E-state index contributed by atoms with van der Waals surface area (Å²) in [6.07, 6.45) is 0.708. The van der Waals surface area contributed by atoms with Gasteiger partial charge in [0.05, 0.1) is 10.6 Å². The first-order valence-corrected chi connectivity index (χ1v) is 15.3. The van der Waals surface area contributed by atoms with Crippen molar-refractivity contribution in [3.8, 4) is 0 Å². The van der Waals surface area contributed by atoms with Crippen molar-refractivity contribution in [1.82, 2.24) is 10.2 Å². The van der Waals surface area contributed by atoms with Gasteiger partial charge in [-0.25, -0.2) is 8.42 Å². The van der Waals surface area contributed by atoms with Gasteiger partial charge in [0.25, 0.3) is 10.0 Å². The Kier molecular flexibility index (Phi) is 10.9. The van der Waals surface area contributed by atoms with Gasteiger partial charge < -0.3 is 10.2 Å². The highest BCUT2D eigenvalue weighted by molar-refractivity contribution is 7.92. The van der Waals surface area contributed by atoms with Gasteiger partial charge in [0.1, 0.15) is 12.6 Å². The van der Waals surface area contributed by atoms with Crippen LogP contribution in [0.4, 0.5) is 5.69 Å². The van der Waals surface area contributed by atoms with E-state index in [1.807, 2.05) is 13.8 Å². The average Bonchev–Trinajstić information content (AvgIpc) is 2.91. The number of sulfonamides is 1. The molecule has 0 aliphatic carbocycles. The second kappa shape index (κ2) is 13.7. The van der Waals surface area contributed by atoms with Crippen LogP contribution < -0.4 is 9.62 Å². The molecule has 0 aliphatic rings. The number of rotatable bonds is 11. The van der Waals surface area contributed by atoms with E-state index >= 15 is 0 Å². The zero-order valence-corrected chi connectivity index (χ0v) is 25.8. The van der Waals surface area contributed by atoms with Crippen LogP contribution in [-0.2, 0) is 26.2 Å². The van der Waals surface area contributed by atoms with Crippen LogP contribution in [0.5, 0.6) is 0 Å². The summed E-state index contributed by atoms with van der Waals surface area (Å²) in [7, 11) is -4.21. The zero-order valence-electron chi connectivity index (χ0n) is 22.7. The molecule has 1 unspecified atom stereocenters. The first-order chi connectivity index (χ1) is 18.9. The summed E-state index contributed by atoms with van der Waals surface area (Å²) in [6.45, 7) is 6.80. The van der Waals surface area contributed by atoms with Crippen LogP contribution in [0.3, 0.4) is 0 Å². The van der Waals surface area contributed by atoms with Crippen LogP contribution in [0.1, 0.15) is 37.0 Å². The molecule has 3 aromatic rings. The predicted octanol–water partition coefficient (Wildman–Crippen LogP) is 6.40. The molecule has 0 saturated carbocycles. The summed E-state index contributed by atoms with van der Waals surface area (Å²) >= 11 is 19.1. The summed E-state index contributed by atoms with van der Waals surface area (Å²) in [6, 6.07) is 15.2. The Morgan fingerprint density at radius 1 is 0.950 bits per heavy atom. The Morgan fingerprint density at radius 3 is 2.17 bits per heavy atom. The Hall–Kier alpha value is -2.78. The average molecular weight is 625 g/mol. The molecule has 11 heteroatoms. The number of hydrogen-bond acceptors (Lipinski definition) is 4. The third-order valence-corrected chi connectivity index (χ3v) is 9.15. The lowest BCUT2D eigenvalue weighted by atomic mass is 10.1. The lowest BCUT2D eigenvalue weighted by Crippen LogP contribution is -2.51. The molecule has 0 heterocycles. The molecule has 2 amide bonds. The SMILES string of the molecule is CCCNC(=O)C(C)N(Cc1c(Cl)cccc1Cl)C(=O)CN(c1cc(Cl)ccc1C)S(=O)(=O)c1ccc(C)cc1. The maximum Gasteiger partial charge on any atom is 0.264 e. The van der Waals surface area contributed by atoms with E-state index in [2.05, 4.69) is 5.32 Å². The molecule has 1 atom stereocenters. The Bertz CT molecular complexity index is 1460. The van der Waals surface area contributed by atoms with Crippen molar-refractivity contribution in [2.75, 3.05) is 17.4 Å². The first kappa shape index (κ1) is 31.7. The molecule has 0 aromatic heterocycles. The van der Waals surface area contributed by atoms with Crippen LogP contribution in [0.15, 0.2) is 65.6 Å². The fraction of sp³-hybridized carbons (Fsp3) is 0.310. The van der Waals surface area contributed by atoms with Crippen molar-refractivity contribution in [2.45, 2.75) is 51.6 Å². The molecule has 0 spiro atoms. The van der Waals surface area contributed by atoms with Crippen molar-refractivity contribution in [3.05, 3.63) is 92.4 Å². The van der Waals surface area contributed by atoms with Crippen molar-refractivity contribution in [2.24, 2.45) is 0 Å². The largest absolute Gasteiger partial charge is 0.354 e. The second-order valence-corrected chi connectivity index (χ2v) is 12.6. The van der Waals surface area contributed by atoms with Gasteiger partial charge in [-0.1, -0.05) is 71.6 Å². The van der Waals surface area contributed by atoms with Gasteiger partial charge >= 0.3 is 0 Å². The number of benzene rings is 3. The van der Waals surface area contributed by atoms with Gasteiger partial charge in [0, 0.05) is 33.7 Å². The summed E-state index contributed by atoms with van der Waals surface area (Å²) in [5, 5.41) is 3.75. The minimum atomic E-state index is -4.21. The van der Waals surface area contributed by atoms with Crippen molar-refractivity contribution in [3.63, 3.8) is 0 Å². The van der Waals surface area contributed by atoms with Gasteiger partial charge in [-0.2, -0.15) is 0 Å². The van der Waals surface area contributed by atoms with Crippen LogP contribution in [0.25, 0.3) is 0 Å². The molecule has 0 aliphatic heterocycles. The smallest absolute Gasteiger partial charge is 0.264 e. The van der Waals surface area contributed by atoms with Crippen molar-refractivity contribution >= 4 is 62.3 Å². The van der Waals surface area contributed by atoms with E-state index in [-0.39, 0.29) is 23.0 Å². The first-order valence-electron chi connectivity index (χ1n) is 12.7. The third kappa shape index (κ3) is 7.49. The van der Waals surface area contributed by atoms with E-state index in [9.17, 15) is 18.0 Å². The molecular formula is C29H32Cl3N3O4S. The zero-order chi connectivity index (χ0) is 29.6. The summed E-state index contributed by atoms with van der Waals surface area (Å²) in [4.78, 5) is 28.3. The Labute approximate surface area is 251 Å². The summed E-state index contributed by atoms with van der Waals surface area (Å²) < 4.78 is 29.0. The molecular weight excluding hydrogens is 593 g/mol. The highest BCUT2D eigenvalue weighted by Gasteiger charge is 2.33. The Balaban J connectivity index is 2.10. The van der Waals surface area contributed by atoms with Gasteiger partial charge in [-0.15, -0.1) is 0 Å². The number of nitrogens with one attached hydrogen (secondary N) is 1. The van der Waals surface area contributed by atoms with Gasteiger partial charge in [0.15, 0.2) is 0 Å². The lowest BCUT2D eigenvalue weighted by molar-refractivity contribution is -0.139. The van der Waals surface area contributed by atoms with E-state index in [0.29, 0.717) is 39.2 Å². The highest BCUT2D eigenvalue weighted by atomic mass is 35.5. The van der Waals surface area contributed by atoms with E-state index in [1.54, 1.807) is 56.3 Å². The normalized spacial score (nSPS) is 12.1. The lowest BCUT2D eigenvalue weighted by Gasteiger charge is -2.32. The molecule has 0 fully saturated rings. The fourth-order valence-electron chi connectivity index (χ4n) is 4.03. The van der Waals surface area contributed by atoms with E-state index in [1.165, 1.54) is 23.1 Å². The fourth-order valence-corrected chi connectivity index (χ4v) is 6.19. The number of carbonyl (C=O) groups is 2. The highest BCUT2D eigenvalue weighted by Crippen LogP contribution is 2.31. The van der Waals surface area contributed by atoms with Crippen LogP contribution >= 0.6 is 34.8 Å². The maximum atomic E-state index is 14.0. The van der Waals surface area contributed by atoms with Crippen LogP contribution in [-0.4, -0.2) is 44.3 Å². The van der Waals surface area contributed by atoms with Gasteiger partial charge in [-0.05, 0) is 69.2 Å². The standard InChI is InChI=1S/C29H32Cl3N3O4S/c1-5-15-33-29(37)21(4)34(17-24-25(31)7-6-8-26(24)32)28(36)18-35(27-16-22(30)12-11-20(27)3)40(38,39)23-13-9-19(2)10-14-23/h6-14,16,21H,5,15,17-18H2,1-4H3,(H,33,37). The predicted molar refractivity (Wildman–Crippen MR) is 162 cm³/mol. The summed E-state index contributed by atoms with van der Waals surface area (Å²) in [5.74, 6) is -1.00. The molecule has 3 rings (SSSR count). The van der Waals surface area contributed by atoms with Gasteiger partial charge in [-0.3, -0.25) is 13.9 Å². The molecule has 1 N–H and O–H groups in total. The molecule has 40 heavy (non-hydrogen) atoms. The molecule has 0 radical (unpaired) electrons. The minimum absolute atomic E-state index is 0.0136. The Morgan fingerprint density at radius 2 is 1.57 bits per heavy atom. The number of anilines is 1. The van der Waals surface area contributed by atoms with Crippen molar-refractivity contribution < 1.29 is 18.0 Å². The second-order valence-electron chi connectivity index (χ2n) is 9.44. The quantitative estimate of drug-likeness (QED) is 0.267. The third-order valence-electron chi connectivity index (χ3n) is 6.43. The number of halogens is 3. The van der Waals surface area contributed by atoms with E-state index in [4.69, 9.17) is 34.8 Å². The van der Waals surface area contributed by atoms with Crippen LogP contribution in [0, 0.1) is 13.8 Å². The monoisotopic (exact) mass is 623 g/mol. The minimum Gasteiger partial charge on any atom is -0.354 e. The topological polar surface area (TPSA) is 86.8 Å². The number of amides is 2. The maximum absolute atomic E-state index is 14.0. The van der Waals surface area contributed by atoms with Crippen LogP contribution in [0.2, 0.25) is 15.1 Å². The molecule has 214 valence electrons. The number of hydrogen-bond donors (Lipinski definition) is 1. The molecule has 0 bridgehead atoms. The number of nitrogens with zero attached hydrogens (tertiary/aromatic N) is 2. The van der Waals surface area contributed by atoms with Gasteiger partial charge in [0.2, 0.25) is 11.8 Å². The van der Waals surface area contributed by atoms with E-state index in [0.717, 1.165) is 9.87 Å².